The Morgan fingerprint density at radius 3 is 2.31 bits per heavy atom. The quantitative estimate of drug-likeness (QED) is 0.475. The van der Waals surface area contributed by atoms with E-state index in [0.717, 1.165) is 32.1 Å². The van der Waals surface area contributed by atoms with Crippen LogP contribution in [0, 0.1) is 5.92 Å². The van der Waals surface area contributed by atoms with Gasteiger partial charge in [-0.05, 0) is 91.5 Å². The molecule has 0 radical (unpaired) electrons. The van der Waals surface area contributed by atoms with Crippen LogP contribution in [0.2, 0.25) is 0 Å². The van der Waals surface area contributed by atoms with Gasteiger partial charge in [-0.15, -0.1) is 0 Å². The van der Waals surface area contributed by atoms with Crippen molar-refractivity contribution in [2.45, 2.75) is 63.0 Å². The van der Waals surface area contributed by atoms with Crippen LogP contribution in [0.25, 0.3) is 5.52 Å². The van der Waals surface area contributed by atoms with Crippen LogP contribution >= 0.6 is 0 Å². The first-order valence-electron chi connectivity index (χ1n) is 10.6. The predicted molar refractivity (Wildman–Crippen MR) is 107 cm³/mol. The molecule has 2 heterocycles. The van der Waals surface area contributed by atoms with Crippen molar-refractivity contribution in [3.05, 3.63) is 71.3 Å². The lowest BCUT2D eigenvalue weighted by Gasteiger charge is -2.31. The molecular weight excluding hydrogens is 373 g/mol. The Labute approximate surface area is 168 Å². The highest BCUT2D eigenvalue weighted by molar-refractivity contribution is 5.58. The lowest BCUT2D eigenvalue weighted by Crippen LogP contribution is -2.19. The van der Waals surface area contributed by atoms with Gasteiger partial charge in [0.1, 0.15) is 0 Å². The number of hydrogen-bond acceptors (Lipinski definition) is 1. The van der Waals surface area contributed by atoms with Gasteiger partial charge < -0.3 is 4.40 Å². The Kier molecular flexibility index (Phi) is 4.64. The highest BCUT2D eigenvalue weighted by Gasteiger charge is 2.36. The van der Waals surface area contributed by atoms with E-state index in [0.29, 0.717) is 17.4 Å². The molecule has 5 rings (SSSR count). The number of pyridine rings is 1. The number of fused-ring (bicyclic) bond motifs is 1. The van der Waals surface area contributed by atoms with Crippen LogP contribution in [0.3, 0.4) is 0 Å². The number of imidazole rings is 1. The number of aromatic nitrogens is 2. The smallest absolute Gasteiger partial charge is 0.306 e. The summed E-state index contributed by atoms with van der Waals surface area (Å²) in [4.78, 5) is 4.32. The van der Waals surface area contributed by atoms with Crippen LogP contribution in [-0.4, -0.2) is 9.38 Å². The van der Waals surface area contributed by atoms with Crippen molar-refractivity contribution >= 4 is 5.52 Å². The first-order chi connectivity index (χ1) is 14.0. The Morgan fingerprint density at radius 2 is 1.59 bits per heavy atom. The second-order valence-electron chi connectivity index (χ2n) is 8.72. The minimum absolute atomic E-state index is 0.0118. The van der Waals surface area contributed by atoms with Crippen LogP contribution in [0.5, 0.6) is 0 Å². The number of halogens is 3. The molecular formula is C24H25F3N2. The molecule has 0 aliphatic heterocycles. The van der Waals surface area contributed by atoms with Gasteiger partial charge in [0, 0.05) is 6.20 Å². The maximum absolute atomic E-state index is 13.4. The summed E-state index contributed by atoms with van der Waals surface area (Å²) < 4.78 is 42.3. The lowest BCUT2D eigenvalue weighted by molar-refractivity contribution is -0.138. The Bertz CT molecular complexity index is 1010. The molecule has 0 spiro atoms. The third kappa shape index (κ3) is 3.67. The maximum atomic E-state index is 13.4. The van der Waals surface area contributed by atoms with E-state index in [1.165, 1.54) is 41.6 Å². The molecule has 0 saturated heterocycles. The number of benzene rings is 1. The lowest BCUT2D eigenvalue weighted by atomic mass is 9.75. The van der Waals surface area contributed by atoms with Crippen LogP contribution in [0.4, 0.5) is 13.2 Å². The van der Waals surface area contributed by atoms with E-state index in [1.54, 1.807) is 12.1 Å². The molecule has 29 heavy (non-hydrogen) atoms. The molecule has 2 aliphatic carbocycles. The van der Waals surface area contributed by atoms with Gasteiger partial charge in [0.05, 0.1) is 23.6 Å². The van der Waals surface area contributed by atoms with Gasteiger partial charge in [0.25, 0.3) is 0 Å². The first kappa shape index (κ1) is 18.7. The van der Waals surface area contributed by atoms with Crippen LogP contribution in [0.1, 0.15) is 72.6 Å². The summed E-state index contributed by atoms with van der Waals surface area (Å²) in [5.41, 5.74) is 4.09. The maximum Gasteiger partial charge on any atom is 0.416 e. The molecule has 2 fully saturated rings. The van der Waals surface area contributed by atoms with Gasteiger partial charge in [-0.25, -0.2) is 4.98 Å². The molecule has 2 nitrogen and oxygen atoms in total. The minimum Gasteiger partial charge on any atom is -0.306 e. The largest absolute Gasteiger partial charge is 0.416 e. The standard InChI is InChI=1S/C24H25F3N2/c25-24(26,27)22-4-2-1-3-20(22)18-7-5-16(6-8-18)13-21-19(17-9-10-17)11-12-29-15-28-14-23(21)29/h1-4,11-12,14-18H,5-10,13H2. The molecule has 5 heteroatoms. The molecule has 0 atom stereocenters. The first-order valence-corrected chi connectivity index (χ1v) is 10.6. The zero-order valence-corrected chi connectivity index (χ0v) is 16.3. The molecule has 2 saturated carbocycles. The van der Waals surface area contributed by atoms with Crippen molar-refractivity contribution < 1.29 is 13.2 Å². The van der Waals surface area contributed by atoms with Gasteiger partial charge in [-0.1, -0.05) is 18.2 Å². The number of rotatable bonds is 4. The van der Waals surface area contributed by atoms with E-state index in [2.05, 4.69) is 21.6 Å². The summed E-state index contributed by atoms with van der Waals surface area (Å²) in [6.07, 6.45) is 8.79. The van der Waals surface area contributed by atoms with E-state index in [4.69, 9.17) is 0 Å². The molecule has 0 bridgehead atoms. The third-order valence-corrected chi connectivity index (χ3v) is 6.80. The summed E-state index contributed by atoms with van der Waals surface area (Å²) in [7, 11) is 0. The van der Waals surface area contributed by atoms with Crippen LogP contribution < -0.4 is 0 Å². The summed E-state index contributed by atoms with van der Waals surface area (Å²) in [6, 6.07) is 8.37. The SMILES string of the molecule is FC(F)(F)c1ccccc1C1CCC(Cc2c(C3CC3)ccn3cncc23)CC1. The normalized spacial score (nSPS) is 22.9. The molecule has 0 N–H and O–H groups in total. The average Bonchev–Trinajstić information content (AvgIpc) is 3.44. The predicted octanol–water partition coefficient (Wildman–Crippen LogP) is 6.75. The molecule has 1 aromatic carbocycles. The fourth-order valence-corrected chi connectivity index (χ4v) is 5.14. The van der Waals surface area contributed by atoms with E-state index >= 15 is 0 Å². The van der Waals surface area contributed by atoms with Crippen molar-refractivity contribution in [1.29, 1.82) is 0 Å². The van der Waals surface area contributed by atoms with Crippen molar-refractivity contribution in [3.8, 4) is 0 Å². The van der Waals surface area contributed by atoms with E-state index in [1.807, 2.05) is 12.5 Å². The van der Waals surface area contributed by atoms with Gasteiger partial charge in [0.2, 0.25) is 0 Å². The van der Waals surface area contributed by atoms with E-state index in [-0.39, 0.29) is 5.92 Å². The van der Waals surface area contributed by atoms with E-state index < -0.39 is 11.7 Å². The number of hydrogen-bond donors (Lipinski definition) is 0. The Hall–Kier alpha value is -2.30. The number of alkyl halides is 3. The summed E-state index contributed by atoms with van der Waals surface area (Å²) in [6.45, 7) is 0. The van der Waals surface area contributed by atoms with Gasteiger partial charge in [0.15, 0.2) is 0 Å². The monoisotopic (exact) mass is 398 g/mol. The highest BCUT2D eigenvalue weighted by atomic mass is 19.4. The zero-order valence-electron chi connectivity index (χ0n) is 16.3. The molecule has 3 aromatic rings. The second kappa shape index (κ2) is 7.19. The zero-order chi connectivity index (χ0) is 20.0. The molecule has 0 unspecified atom stereocenters. The fraction of sp³-hybridized carbons (Fsp3) is 0.458. The average molecular weight is 398 g/mol. The summed E-state index contributed by atoms with van der Waals surface area (Å²) >= 11 is 0. The molecule has 0 amide bonds. The van der Waals surface area contributed by atoms with Gasteiger partial charge >= 0.3 is 6.18 Å². The molecule has 2 aliphatic rings. The topological polar surface area (TPSA) is 17.3 Å². The molecule has 152 valence electrons. The fourth-order valence-electron chi connectivity index (χ4n) is 5.14. The van der Waals surface area contributed by atoms with E-state index in [9.17, 15) is 13.2 Å². The second-order valence-corrected chi connectivity index (χ2v) is 8.72. The Balaban J connectivity index is 1.34. The van der Waals surface area contributed by atoms with Crippen molar-refractivity contribution in [3.63, 3.8) is 0 Å². The summed E-state index contributed by atoms with van der Waals surface area (Å²) in [5, 5.41) is 0. The Morgan fingerprint density at radius 1 is 0.897 bits per heavy atom. The van der Waals surface area contributed by atoms with Gasteiger partial charge in [-0.2, -0.15) is 13.2 Å². The number of nitrogens with zero attached hydrogens (tertiary/aromatic N) is 2. The van der Waals surface area contributed by atoms with Crippen molar-refractivity contribution in [2.75, 3.05) is 0 Å². The van der Waals surface area contributed by atoms with Crippen LogP contribution in [-0.2, 0) is 12.6 Å². The summed E-state index contributed by atoms with van der Waals surface area (Å²) in [5.74, 6) is 1.22. The van der Waals surface area contributed by atoms with Gasteiger partial charge in [-0.3, -0.25) is 0 Å². The highest BCUT2D eigenvalue weighted by Crippen LogP contribution is 2.45. The minimum atomic E-state index is -4.27. The van der Waals surface area contributed by atoms with Crippen LogP contribution in [0.15, 0.2) is 49.1 Å². The van der Waals surface area contributed by atoms with Crippen molar-refractivity contribution in [2.24, 2.45) is 5.92 Å². The third-order valence-electron chi connectivity index (χ3n) is 6.80. The van der Waals surface area contributed by atoms with Crippen molar-refractivity contribution in [1.82, 2.24) is 9.38 Å². The molecule has 2 aromatic heterocycles.